The van der Waals surface area contributed by atoms with Crippen molar-refractivity contribution in [2.75, 3.05) is 0 Å². The SMILES string of the molecule is CC1=[C]([Ti][O]c2ccccc2)CC=C1. The first-order chi connectivity index (χ1) is 6.86. The molecule has 0 atom stereocenters. The van der Waals surface area contributed by atoms with Crippen LogP contribution in [0.2, 0.25) is 0 Å². The minimum absolute atomic E-state index is 0.416. The van der Waals surface area contributed by atoms with E-state index in [1.807, 2.05) is 30.3 Å². The quantitative estimate of drug-likeness (QED) is 0.710. The molecule has 0 saturated carbocycles. The first-order valence-electron chi connectivity index (χ1n) is 4.70. The third kappa shape index (κ3) is 2.37. The summed E-state index contributed by atoms with van der Waals surface area (Å²) in [6.07, 6.45) is 5.49. The van der Waals surface area contributed by atoms with Crippen molar-refractivity contribution in [2.45, 2.75) is 13.3 Å². The van der Waals surface area contributed by atoms with Gasteiger partial charge in [0.1, 0.15) is 0 Å². The van der Waals surface area contributed by atoms with E-state index in [0.717, 1.165) is 12.2 Å². The van der Waals surface area contributed by atoms with E-state index < -0.39 is 19.5 Å². The molecule has 0 heterocycles. The molecular formula is C12H12OTi. The molecule has 0 saturated heterocycles. The molecule has 0 radical (unpaired) electrons. The van der Waals surface area contributed by atoms with Crippen LogP contribution in [0.5, 0.6) is 5.75 Å². The second-order valence-electron chi connectivity index (χ2n) is 3.29. The van der Waals surface area contributed by atoms with Crippen LogP contribution in [0.15, 0.2) is 51.9 Å². The normalized spacial score (nSPS) is 14.6. The van der Waals surface area contributed by atoms with E-state index in [9.17, 15) is 0 Å². The maximum atomic E-state index is 5.79. The van der Waals surface area contributed by atoms with Gasteiger partial charge in [0.2, 0.25) is 0 Å². The van der Waals surface area contributed by atoms with Crippen LogP contribution in [-0.2, 0) is 19.5 Å². The van der Waals surface area contributed by atoms with Crippen LogP contribution in [0, 0.1) is 0 Å². The zero-order chi connectivity index (χ0) is 9.80. The fourth-order valence-electron chi connectivity index (χ4n) is 1.35. The van der Waals surface area contributed by atoms with Crippen LogP contribution in [0.25, 0.3) is 0 Å². The Morgan fingerprint density at radius 3 is 2.64 bits per heavy atom. The summed E-state index contributed by atoms with van der Waals surface area (Å²) < 4.78 is 7.30. The average molecular weight is 220 g/mol. The van der Waals surface area contributed by atoms with Gasteiger partial charge in [-0.2, -0.15) is 0 Å². The van der Waals surface area contributed by atoms with Crippen molar-refractivity contribution in [2.24, 2.45) is 0 Å². The summed E-state index contributed by atoms with van der Waals surface area (Å²) in [7, 11) is 0. The van der Waals surface area contributed by atoms with E-state index in [0.29, 0.717) is 0 Å². The van der Waals surface area contributed by atoms with E-state index >= 15 is 0 Å². The Morgan fingerprint density at radius 2 is 2.00 bits per heavy atom. The molecule has 2 rings (SSSR count). The third-order valence-corrected chi connectivity index (χ3v) is 4.05. The van der Waals surface area contributed by atoms with Crippen molar-refractivity contribution in [1.29, 1.82) is 0 Å². The molecule has 1 nitrogen and oxygen atoms in total. The van der Waals surface area contributed by atoms with Gasteiger partial charge in [-0.05, 0) is 0 Å². The first kappa shape index (κ1) is 9.76. The number of benzene rings is 1. The van der Waals surface area contributed by atoms with Gasteiger partial charge in [0, 0.05) is 0 Å². The van der Waals surface area contributed by atoms with E-state index in [2.05, 4.69) is 19.1 Å². The van der Waals surface area contributed by atoms with Crippen LogP contribution in [0.1, 0.15) is 13.3 Å². The topological polar surface area (TPSA) is 9.23 Å². The van der Waals surface area contributed by atoms with Crippen molar-refractivity contribution in [3.05, 3.63) is 51.9 Å². The van der Waals surface area contributed by atoms with Crippen LogP contribution in [0.3, 0.4) is 0 Å². The van der Waals surface area contributed by atoms with Gasteiger partial charge >= 0.3 is 93.9 Å². The van der Waals surface area contributed by atoms with Gasteiger partial charge in [-0.3, -0.25) is 0 Å². The van der Waals surface area contributed by atoms with Crippen LogP contribution in [-0.4, -0.2) is 0 Å². The van der Waals surface area contributed by atoms with Crippen molar-refractivity contribution >= 4 is 0 Å². The number of allylic oxidation sites excluding steroid dienone is 4. The second kappa shape index (κ2) is 4.63. The Hall–Kier alpha value is -0.786. The van der Waals surface area contributed by atoms with Gasteiger partial charge in [0.15, 0.2) is 0 Å². The summed E-state index contributed by atoms with van der Waals surface area (Å²) in [5.74, 6) is 1.000. The molecule has 0 fully saturated rings. The van der Waals surface area contributed by atoms with E-state index in [-0.39, 0.29) is 0 Å². The molecule has 0 aromatic heterocycles. The van der Waals surface area contributed by atoms with Crippen molar-refractivity contribution in [1.82, 2.24) is 0 Å². The summed E-state index contributed by atoms with van der Waals surface area (Å²) in [5, 5.41) is 0. The standard InChI is InChI=1S/C6H6O.C6H7.Ti/c7-6-4-2-1-3-5-6;1-6-4-2-3-5-6;/h1-5,7H;2,4H,3H2,1H3;/q;;+1/p-1. The van der Waals surface area contributed by atoms with Crippen LogP contribution < -0.4 is 3.32 Å². The number of para-hydroxylation sites is 1. The fraction of sp³-hybridized carbons (Fsp3) is 0.167. The Balaban J connectivity index is 1.93. The Labute approximate surface area is 93.9 Å². The van der Waals surface area contributed by atoms with Gasteiger partial charge in [-0.1, -0.05) is 0 Å². The Bertz CT molecular complexity index is 365. The Kier molecular flexibility index (Phi) is 3.23. The van der Waals surface area contributed by atoms with Gasteiger partial charge < -0.3 is 0 Å². The monoisotopic (exact) mass is 220 g/mol. The zero-order valence-corrected chi connectivity index (χ0v) is 9.72. The molecule has 1 aromatic rings. The average Bonchev–Trinajstić information content (AvgIpc) is 2.63. The number of hydrogen-bond donors (Lipinski definition) is 0. The van der Waals surface area contributed by atoms with Crippen molar-refractivity contribution in [3.63, 3.8) is 0 Å². The molecule has 1 aliphatic carbocycles. The predicted octanol–water partition coefficient (Wildman–Crippen LogP) is 3.30. The van der Waals surface area contributed by atoms with Gasteiger partial charge in [0.05, 0.1) is 0 Å². The summed E-state index contributed by atoms with van der Waals surface area (Å²) in [5.41, 5.74) is 1.40. The van der Waals surface area contributed by atoms with E-state index in [1.165, 1.54) is 9.45 Å². The minimum atomic E-state index is -0.416. The molecule has 0 N–H and O–H groups in total. The molecule has 0 aliphatic heterocycles. The van der Waals surface area contributed by atoms with Crippen molar-refractivity contribution in [3.8, 4) is 5.75 Å². The maximum absolute atomic E-state index is 5.79. The van der Waals surface area contributed by atoms with E-state index in [1.54, 1.807) is 0 Å². The molecule has 0 amide bonds. The first-order valence-corrected chi connectivity index (χ1v) is 6.12. The summed E-state index contributed by atoms with van der Waals surface area (Å²) >= 11 is -0.416. The summed E-state index contributed by atoms with van der Waals surface area (Å²) in [6.45, 7) is 2.16. The fourth-order valence-corrected chi connectivity index (χ4v) is 2.63. The summed E-state index contributed by atoms with van der Waals surface area (Å²) in [4.78, 5) is 0. The number of hydrogen-bond acceptors (Lipinski definition) is 1. The molecule has 14 heavy (non-hydrogen) atoms. The predicted molar refractivity (Wildman–Crippen MR) is 53.5 cm³/mol. The zero-order valence-electron chi connectivity index (χ0n) is 8.16. The van der Waals surface area contributed by atoms with Crippen LogP contribution in [0.4, 0.5) is 0 Å². The molecule has 70 valence electrons. The molecule has 0 spiro atoms. The molecule has 0 bridgehead atoms. The van der Waals surface area contributed by atoms with E-state index in [4.69, 9.17) is 3.32 Å². The molecule has 1 aromatic carbocycles. The Morgan fingerprint density at radius 1 is 1.21 bits per heavy atom. The summed E-state index contributed by atoms with van der Waals surface area (Å²) in [6, 6.07) is 10.1. The third-order valence-electron chi connectivity index (χ3n) is 2.20. The van der Waals surface area contributed by atoms with Gasteiger partial charge in [0.25, 0.3) is 0 Å². The molecule has 0 unspecified atom stereocenters. The molecule has 2 heteroatoms. The van der Waals surface area contributed by atoms with Gasteiger partial charge in [-0.25, -0.2) is 0 Å². The van der Waals surface area contributed by atoms with Crippen LogP contribution >= 0.6 is 0 Å². The second-order valence-corrected chi connectivity index (χ2v) is 4.87. The molecular weight excluding hydrogens is 208 g/mol. The number of rotatable bonds is 3. The van der Waals surface area contributed by atoms with Crippen molar-refractivity contribution < 1.29 is 22.9 Å². The molecule has 1 aliphatic rings. The van der Waals surface area contributed by atoms with Gasteiger partial charge in [-0.15, -0.1) is 0 Å².